The predicted octanol–water partition coefficient (Wildman–Crippen LogP) is 1.03. The molecule has 0 aliphatic carbocycles. The molecule has 0 saturated carbocycles. The summed E-state index contributed by atoms with van der Waals surface area (Å²) < 4.78 is 34.5. The van der Waals surface area contributed by atoms with Crippen molar-refractivity contribution >= 4 is 12.1 Å². The van der Waals surface area contributed by atoms with Gasteiger partial charge in [0.05, 0.1) is 6.54 Å². The molecular formula is C4H3F3N2. The van der Waals surface area contributed by atoms with Crippen molar-refractivity contribution in [1.29, 1.82) is 0 Å². The lowest BCUT2D eigenvalue weighted by Gasteiger charge is -1.99. The Morgan fingerprint density at radius 1 is 1.44 bits per heavy atom. The van der Waals surface area contributed by atoms with Crippen molar-refractivity contribution in [2.45, 2.75) is 6.18 Å². The van der Waals surface area contributed by atoms with Crippen LogP contribution in [0.2, 0.25) is 0 Å². The van der Waals surface area contributed by atoms with E-state index in [0.29, 0.717) is 0 Å². The van der Waals surface area contributed by atoms with E-state index in [1.54, 1.807) is 0 Å². The summed E-state index contributed by atoms with van der Waals surface area (Å²) >= 11 is 0. The predicted molar refractivity (Wildman–Crippen MR) is 26.8 cm³/mol. The van der Waals surface area contributed by atoms with Crippen LogP contribution >= 0.6 is 0 Å². The van der Waals surface area contributed by atoms with E-state index in [2.05, 4.69) is 9.98 Å². The van der Waals surface area contributed by atoms with Gasteiger partial charge in [0.1, 0.15) is 0 Å². The topological polar surface area (TPSA) is 24.7 Å². The van der Waals surface area contributed by atoms with Crippen molar-refractivity contribution in [2.24, 2.45) is 9.98 Å². The molecular weight excluding hydrogens is 133 g/mol. The molecule has 1 aliphatic rings. The second-order valence-corrected chi connectivity index (χ2v) is 1.47. The summed E-state index contributed by atoms with van der Waals surface area (Å²) in [6.45, 7) is 0.0504. The molecule has 0 aromatic carbocycles. The molecule has 0 spiro atoms. The minimum atomic E-state index is -4.37. The lowest BCUT2D eigenvalue weighted by Crippen LogP contribution is -2.18. The van der Waals surface area contributed by atoms with Gasteiger partial charge in [0.15, 0.2) is 0 Å². The minimum absolute atomic E-state index is 0.0504. The van der Waals surface area contributed by atoms with Crippen molar-refractivity contribution in [3.05, 3.63) is 0 Å². The molecule has 2 nitrogen and oxygen atoms in total. The van der Waals surface area contributed by atoms with Crippen LogP contribution in [-0.4, -0.2) is 24.8 Å². The largest absolute Gasteiger partial charge is 0.451 e. The number of aliphatic imine (C=N–C) groups is 2. The summed E-state index contributed by atoms with van der Waals surface area (Å²) in [7, 11) is 0. The van der Waals surface area contributed by atoms with Crippen LogP contribution in [0.5, 0.6) is 0 Å². The molecule has 1 aliphatic heterocycles. The Morgan fingerprint density at radius 2 is 2.11 bits per heavy atom. The van der Waals surface area contributed by atoms with Gasteiger partial charge in [-0.25, -0.2) is 4.99 Å². The lowest BCUT2D eigenvalue weighted by atomic mass is 10.6. The van der Waals surface area contributed by atoms with E-state index >= 15 is 0 Å². The van der Waals surface area contributed by atoms with Gasteiger partial charge in [-0.05, 0) is 0 Å². The molecule has 9 heavy (non-hydrogen) atoms. The highest BCUT2D eigenvalue weighted by atomic mass is 19.4. The summed E-state index contributed by atoms with van der Waals surface area (Å²) in [4.78, 5) is 6.08. The van der Waals surface area contributed by atoms with E-state index in [1.807, 2.05) is 0 Å². The van der Waals surface area contributed by atoms with Crippen LogP contribution in [0.3, 0.4) is 0 Å². The summed E-state index contributed by atoms with van der Waals surface area (Å²) in [5.41, 5.74) is 0. The van der Waals surface area contributed by atoms with Gasteiger partial charge in [-0.3, -0.25) is 4.99 Å². The second-order valence-electron chi connectivity index (χ2n) is 1.47. The molecule has 0 saturated heterocycles. The number of hydrogen-bond donors (Lipinski definition) is 0. The monoisotopic (exact) mass is 136 g/mol. The van der Waals surface area contributed by atoms with Crippen molar-refractivity contribution in [3.63, 3.8) is 0 Å². The van der Waals surface area contributed by atoms with Crippen LogP contribution < -0.4 is 0 Å². The third-order valence-electron chi connectivity index (χ3n) is 0.790. The number of hydrogen-bond acceptors (Lipinski definition) is 2. The van der Waals surface area contributed by atoms with E-state index in [4.69, 9.17) is 0 Å². The first kappa shape index (κ1) is 6.25. The molecule has 5 heteroatoms. The average molecular weight is 136 g/mol. The lowest BCUT2D eigenvalue weighted by molar-refractivity contribution is -0.0595. The highest BCUT2D eigenvalue weighted by molar-refractivity contribution is 5.98. The Bertz CT molecular complexity index is 167. The molecule has 0 amide bonds. The Balaban J connectivity index is 2.73. The summed E-state index contributed by atoms with van der Waals surface area (Å²) in [5, 5.41) is 0. The summed E-state index contributed by atoms with van der Waals surface area (Å²) in [6.07, 6.45) is -3.24. The van der Waals surface area contributed by atoms with Crippen LogP contribution in [0, 0.1) is 0 Å². The fourth-order valence-corrected chi connectivity index (χ4v) is 0.458. The van der Waals surface area contributed by atoms with Crippen molar-refractivity contribution < 1.29 is 13.2 Å². The van der Waals surface area contributed by atoms with E-state index in [1.165, 1.54) is 0 Å². The second kappa shape index (κ2) is 1.82. The van der Waals surface area contributed by atoms with Gasteiger partial charge >= 0.3 is 6.18 Å². The fourth-order valence-electron chi connectivity index (χ4n) is 0.458. The van der Waals surface area contributed by atoms with E-state index in [-0.39, 0.29) is 6.54 Å². The van der Waals surface area contributed by atoms with Gasteiger partial charge < -0.3 is 0 Å². The molecule has 0 atom stereocenters. The maximum atomic E-state index is 11.5. The first-order valence-corrected chi connectivity index (χ1v) is 2.25. The number of nitrogens with zero attached hydrogens (tertiary/aromatic N) is 2. The molecule has 0 radical (unpaired) electrons. The quantitative estimate of drug-likeness (QED) is 0.475. The molecule has 1 heterocycles. The highest BCUT2D eigenvalue weighted by Gasteiger charge is 2.36. The molecule has 0 aromatic heterocycles. The van der Waals surface area contributed by atoms with Gasteiger partial charge in [-0.1, -0.05) is 0 Å². The zero-order valence-corrected chi connectivity index (χ0v) is 4.31. The van der Waals surface area contributed by atoms with Crippen LogP contribution in [-0.2, 0) is 0 Å². The first-order valence-electron chi connectivity index (χ1n) is 2.25. The van der Waals surface area contributed by atoms with E-state index in [9.17, 15) is 13.2 Å². The maximum absolute atomic E-state index is 11.5. The van der Waals surface area contributed by atoms with Gasteiger partial charge in [-0.2, -0.15) is 13.2 Å². The smallest absolute Gasteiger partial charge is 0.257 e. The SMILES string of the molecule is FC(F)(F)C1=NCC=N1. The number of amidine groups is 1. The Morgan fingerprint density at radius 3 is 2.33 bits per heavy atom. The average Bonchev–Trinajstić information content (AvgIpc) is 2.08. The molecule has 0 unspecified atom stereocenters. The van der Waals surface area contributed by atoms with Gasteiger partial charge in [-0.15, -0.1) is 0 Å². The van der Waals surface area contributed by atoms with Crippen LogP contribution in [0.25, 0.3) is 0 Å². The summed E-state index contributed by atoms with van der Waals surface area (Å²) in [6, 6.07) is 0. The van der Waals surface area contributed by atoms with Crippen molar-refractivity contribution in [2.75, 3.05) is 6.54 Å². The van der Waals surface area contributed by atoms with Crippen LogP contribution in [0.15, 0.2) is 9.98 Å². The third kappa shape index (κ3) is 1.28. The Labute approximate surface area is 49.1 Å². The highest BCUT2D eigenvalue weighted by Crippen LogP contribution is 2.19. The van der Waals surface area contributed by atoms with Crippen LogP contribution in [0.4, 0.5) is 13.2 Å². The maximum Gasteiger partial charge on any atom is 0.451 e. The van der Waals surface area contributed by atoms with Crippen LogP contribution in [0.1, 0.15) is 0 Å². The van der Waals surface area contributed by atoms with E-state index < -0.39 is 12.0 Å². The number of alkyl halides is 3. The normalized spacial score (nSPS) is 18.3. The number of rotatable bonds is 0. The number of halogens is 3. The molecule has 1 rings (SSSR count). The van der Waals surface area contributed by atoms with Gasteiger partial charge in [0.2, 0.25) is 5.84 Å². The van der Waals surface area contributed by atoms with Gasteiger partial charge in [0, 0.05) is 6.21 Å². The Hall–Kier alpha value is -0.870. The zero-order chi connectivity index (χ0) is 6.91. The standard InChI is InChI=1S/C4H3F3N2/c5-4(6,7)3-8-1-2-9-3/h1H,2H2. The zero-order valence-electron chi connectivity index (χ0n) is 4.31. The minimum Gasteiger partial charge on any atom is -0.257 e. The fraction of sp³-hybridized carbons (Fsp3) is 0.500. The Kier molecular flexibility index (Phi) is 1.27. The molecule has 0 aromatic rings. The molecule has 0 fully saturated rings. The summed E-state index contributed by atoms with van der Waals surface area (Å²) in [5.74, 6) is -1.03. The molecule has 0 bridgehead atoms. The first-order chi connectivity index (χ1) is 4.11. The van der Waals surface area contributed by atoms with Crippen molar-refractivity contribution in [1.82, 2.24) is 0 Å². The molecule has 0 N–H and O–H groups in total. The van der Waals surface area contributed by atoms with E-state index in [0.717, 1.165) is 6.21 Å². The molecule has 50 valence electrons. The van der Waals surface area contributed by atoms with Gasteiger partial charge in [0.25, 0.3) is 0 Å². The van der Waals surface area contributed by atoms with Crippen molar-refractivity contribution in [3.8, 4) is 0 Å². The third-order valence-corrected chi connectivity index (χ3v) is 0.790.